The van der Waals surface area contributed by atoms with Gasteiger partial charge in [0.2, 0.25) is 10.0 Å². The topological polar surface area (TPSA) is 78.1 Å². The molecule has 1 aliphatic carbocycles. The number of hydrogen-bond donors (Lipinski definition) is 2. The van der Waals surface area contributed by atoms with Crippen LogP contribution in [0.2, 0.25) is 0 Å². The first-order valence-electron chi connectivity index (χ1n) is 13.2. The molecule has 1 saturated carbocycles. The van der Waals surface area contributed by atoms with Gasteiger partial charge in [0, 0.05) is 60.5 Å². The average molecular weight is 543 g/mol. The monoisotopic (exact) mass is 542 g/mol. The summed E-state index contributed by atoms with van der Waals surface area (Å²) < 4.78 is 40.6. The van der Waals surface area contributed by atoms with E-state index in [-0.39, 0.29) is 16.8 Å². The predicted octanol–water partition coefficient (Wildman–Crippen LogP) is 5.76. The molecule has 6 nitrogen and oxygen atoms in total. The van der Waals surface area contributed by atoms with E-state index in [0.717, 1.165) is 35.2 Å². The standard InChI is InChI=1S/C31H31FN4O2S/c1-20-30(23-5-9-26(10-6-23)39(37,38)33-2)31(20)36-16-13-24(17-29(36)22-3-7-25(32)8-4-22)28-19-35-18-27(28)21-11-14-34-15-12-21/h3-15,18-20,29-31,33,35H,16-17H2,1-2H3. The van der Waals surface area contributed by atoms with Crippen molar-refractivity contribution in [3.8, 4) is 11.1 Å². The van der Waals surface area contributed by atoms with Crippen molar-refractivity contribution >= 4 is 15.6 Å². The minimum Gasteiger partial charge on any atom is -0.366 e. The third-order valence-electron chi connectivity index (χ3n) is 8.26. The van der Waals surface area contributed by atoms with Gasteiger partial charge in [-0.15, -0.1) is 0 Å². The smallest absolute Gasteiger partial charge is 0.240 e. The van der Waals surface area contributed by atoms with Crippen LogP contribution in [0.15, 0.2) is 96.4 Å². The lowest BCUT2D eigenvalue weighted by molar-refractivity contribution is 0.193. The van der Waals surface area contributed by atoms with Gasteiger partial charge in [0.1, 0.15) is 5.82 Å². The molecule has 1 aliphatic heterocycles. The van der Waals surface area contributed by atoms with Gasteiger partial charge in [0.15, 0.2) is 0 Å². The number of nitrogens with one attached hydrogen (secondary N) is 2. The van der Waals surface area contributed by atoms with Crippen molar-refractivity contribution in [2.75, 3.05) is 13.6 Å². The summed E-state index contributed by atoms with van der Waals surface area (Å²) in [6.07, 6.45) is 10.8. The first-order chi connectivity index (χ1) is 18.9. The predicted molar refractivity (Wildman–Crippen MR) is 151 cm³/mol. The molecule has 0 radical (unpaired) electrons. The van der Waals surface area contributed by atoms with Gasteiger partial charge in [0.25, 0.3) is 0 Å². The molecule has 6 rings (SSSR count). The van der Waals surface area contributed by atoms with Crippen LogP contribution in [0.3, 0.4) is 0 Å². The van der Waals surface area contributed by atoms with Crippen LogP contribution >= 0.6 is 0 Å². The second-order valence-electron chi connectivity index (χ2n) is 10.4. The molecule has 2 aromatic carbocycles. The van der Waals surface area contributed by atoms with Gasteiger partial charge in [-0.1, -0.05) is 37.3 Å². The molecule has 0 spiro atoms. The second-order valence-corrected chi connectivity index (χ2v) is 12.3. The van der Waals surface area contributed by atoms with Gasteiger partial charge in [-0.3, -0.25) is 9.88 Å². The molecule has 2 N–H and O–H groups in total. The van der Waals surface area contributed by atoms with Crippen LogP contribution in [-0.4, -0.2) is 42.9 Å². The maximum Gasteiger partial charge on any atom is 0.240 e. The zero-order valence-corrected chi connectivity index (χ0v) is 22.7. The Morgan fingerprint density at radius 3 is 2.31 bits per heavy atom. The minimum absolute atomic E-state index is 0.0900. The van der Waals surface area contributed by atoms with E-state index in [0.29, 0.717) is 17.9 Å². The Hall–Kier alpha value is -3.59. The summed E-state index contributed by atoms with van der Waals surface area (Å²) in [5.74, 6) is 0.472. The number of rotatable bonds is 7. The fraction of sp³-hybridized carbons (Fsp3) is 0.258. The van der Waals surface area contributed by atoms with E-state index in [1.807, 2.05) is 42.6 Å². The summed E-state index contributed by atoms with van der Waals surface area (Å²) in [6.45, 7) is 3.03. The quantitative estimate of drug-likeness (QED) is 0.312. The number of H-pyrrole nitrogens is 1. The molecule has 1 fully saturated rings. The van der Waals surface area contributed by atoms with Gasteiger partial charge >= 0.3 is 0 Å². The first kappa shape index (κ1) is 25.7. The lowest BCUT2D eigenvalue weighted by atomic mass is 9.88. The number of sulfonamides is 1. The highest BCUT2D eigenvalue weighted by Gasteiger charge is 2.53. The summed E-state index contributed by atoms with van der Waals surface area (Å²) in [7, 11) is -2.05. The number of halogens is 1. The Bertz CT molecular complexity index is 1600. The highest BCUT2D eigenvalue weighted by molar-refractivity contribution is 7.89. The van der Waals surface area contributed by atoms with Crippen LogP contribution in [0.25, 0.3) is 16.7 Å². The molecule has 0 bridgehead atoms. The van der Waals surface area contributed by atoms with E-state index < -0.39 is 10.0 Å². The van der Waals surface area contributed by atoms with Gasteiger partial charge in [-0.25, -0.2) is 17.5 Å². The Morgan fingerprint density at radius 2 is 1.62 bits per heavy atom. The highest BCUT2D eigenvalue weighted by Crippen LogP contribution is 2.55. The van der Waals surface area contributed by atoms with Crippen molar-refractivity contribution in [1.29, 1.82) is 0 Å². The van der Waals surface area contributed by atoms with Crippen molar-refractivity contribution in [2.24, 2.45) is 5.92 Å². The number of pyridine rings is 1. The molecule has 2 aromatic heterocycles. The molecule has 4 atom stereocenters. The van der Waals surface area contributed by atoms with Crippen LogP contribution in [0, 0.1) is 11.7 Å². The lowest BCUT2D eigenvalue weighted by Crippen LogP contribution is -2.35. The number of aromatic amines is 1. The van der Waals surface area contributed by atoms with E-state index in [1.165, 1.54) is 18.2 Å². The van der Waals surface area contributed by atoms with Crippen LogP contribution in [0.1, 0.15) is 42.0 Å². The largest absolute Gasteiger partial charge is 0.366 e. The third-order valence-corrected chi connectivity index (χ3v) is 9.69. The summed E-state index contributed by atoms with van der Waals surface area (Å²) in [5, 5.41) is 0. The van der Waals surface area contributed by atoms with Crippen molar-refractivity contribution in [3.05, 3.63) is 114 Å². The zero-order chi connectivity index (χ0) is 27.1. The van der Waals surface area contributed by atoms with E-state index in [4.69, 9.17) is 0 Å². The van der Waals surface area contributed by atoms with E-state index >= 15 is 0 Å². The maximum absolute atomic E-state index is 13.9. The minimum atomic E-state index is -3.47. The molecule has 8 heteroatoms. The van der Waals surface area contributed by atoms with Gasteiger partial charge in [-0.2, -0.15) is 0 Å². The molecule has 4 unspecified atom stereocenters. The average Bonchev–Trinajstić information content (AvgIpc) is 3.38. The Kier molecular flexibility index (Phi) is 6.71. The number of hydrogen-bond acceptors (Lipinski definition) is 4. The lowest BCUT2D eigenvalue weighted by Gasteiger charge is -2.37. The fourth-order valence-electron chi connectivity index (χ4n) is 6.13. The van der Waals surface area contributed by atoms with Gasteiger partial charge in [0.05, 0.1) is 4.90 Å². The summed E-state index contributed by atoms with van der Waals surface area (Å²) in [5.41, 5.74) is 6.93. The summed E-state index contributed by atoms with van der Waals surface area (Å²) in [4.78, 5) is 10.2. The van der Waals surface area contributed by atoms with Crippen LogP contribution in [0.5, 0.6) is 0 Å². The summed E-state index contributed by atoms with van der Waals surface area (Å²) in [6, 6.07) is 18.5. The van der Waals surface area contributed by atoms with E-state index in [2.05, 4.69) is 38.8 Å². The molecular formula is C31H31FN4O2S. The van der Waals surface area contributed by atoms with Crippen molar-refractivity contribution in [1.82, 2.24) is 19.6 Å². The highest BCUT2D eigenvalue weighted by atomic mass is 32.2. The Labute approximate surface area is 228 Å². The first-order valence-corrected chi connectivity index (χ1v) is 14.7. The third kappa shape index (κ3) is 4.84. The van der Waals surface area contributed by atoms with Crippen LogP contribution in [0.4, 0.5) is 4.39 Å². The Morgan fingerprint density at radius 1 is 0.949 bits per heavy atom. The molecule has 4 aromatic rings. The van der Waals surface area contributed by atoms with Gasteiger partial charge < -0.3 is 4.98 Å². The fourth-order valence-corrected chi connectivity index (χ4v) is 6.86. The van der Waals surface area contributed by atoms with Gasteiger partial charge in [-0.05, 0) is 78.0 Å². The second kappa shape index (κ2) is 10.2. The molecule has 0 saturated heterocycles. The number of nitrogens with zero attached hydrogens (tertiary/aromatic N) is 2. The SMILES string of the molecule is CNS(=O)(=O)c1ccc(C2C(C)C2N2CC=C(c3c[nH]cc3-c3ccncc3)CC2c2ccc(F)cc2)cc1. The molecule has 3 heterocycles. The molecule has 2 aliphatic rings. The van der Waals surface area contributed by atoms with Crippen molar-refractivity contribution in [3.63, 3.8) is 0 Å². The van der Waals surface area contributed by atoms with Crippen molar-refractivity contribution in [2.45, 2.75) is 36.2 Å². The number of benzene rings is 2. The normalized spacial score (nSPS) is 23.4. The van der Waals surface area contributed by atoms with Crippen LogP contribution < -0.4 is 4.72 Å². The molecule has 39 heavy (non-hydrogen) atoms. The number of aromatic nitrogens is 2. The van der Waals surface area contributed by atoms with Crippen LogP contribution in [-0.2, 0) is 10.0 Å². The molecular weight excluding hydrogens is 511 g/mol. The molecule has 0 amide bonds. The van der Waals surface area contributed by atoms with Crippen molar-refractivity contribution < 1.29 is 12.8 Å². The maximum atomic E-state index is 13.9. The zero-order valence-electron chi connectivity index (χ0n) is 21.9. The van der Waals surface area contributed by atoms with E-state index in [1.54, 1.807) is 36.7 Å². The van der Waals surface area contributed by atoms with E-state index in [9.17, 15) is 12.8 Å². The molecule has 200 valence electrons. The summed E-state index contributed by atoms with van der Waals surface area (Å²) >= 11 is 0. The Balaban J connectivity index is 1.32.